The zero-order chi connectivity index (χ0) is 13.7. The molecule has 4 heteroatoms. The van der Waals surface area contributed by atoms with E-state index in [1.165, 1.54) is 6.42 Å². The van der Waals surface area contributed by atoms with Crippen LogP contribution < -0.4 is 5.32 Å². The van der Waals surface area contributed by atoms with E-state index in [0.29, 0.717) is 5.91 Å². The molecule has 2 aliphatic rings. The Kier molecular flexibility index (Phi) is 5.22. The largest absolute Gasteiger partial charge is 0.394 e. The van der Waals surface area contributed by atoms with Crippen LogP contribution in [0.15, 0.2) is 0 Å². The molecule has 0 aromatic heterocycles. The van der Waals surface area contributed by atoms with E-state index in [-0.39, 0.29) is 18.1 Å². The van der Waals surface area contributed by atoms with Gasteiger partial charge in [-0.1, -0.05) is 19.8 Å². The minimum Gasteiger partial charge on any atom is -0.394 e. The molecule has 0 radical (unpaired) electrons. The van der Waals surface area contributed by atoms with Crippen molar-refractivity contribution < 1.29 is 9.90 Å². The van der Waals surface area contributed by atoms with Crippen LogP contribution in [0.3, 0.4) is 0 Å². The minimum atomic E-state index is -0.178. The maximum atomic E-state index is 13.0. The van der Waals surface area contributed by atoms with Gasteiger partial charge in [0.15, 0.2) is 0 Å². The number of hydrogen-bond donors (Lipinski definition) is 2. The SMILES string of the molecule is CCC1(C(=O)N2CCCCCC2CO)CCNCC1. The zero-order valence-electron chi connectivity index (χ0n) is 12.2. The highest BCUT2D eigenvalue weighted by Crippen LogP contribution is 2.36. The normalized spacial score (nSPS) is 27.9. The highest BCUT2D eigenvalue weighted by atomic mass is 16.3. The van der Waals surface area contributed by atoms with Crippen LogP contribution in [0, 0.1) is 5.41 Å². The first-order chi connectivity index (χ1) is 9.23. The van der Waals surface area contributed by atoms with Crippen LogP contribution in [0.5, 0.6) is 0 Å². The van der Waals surface area contributed by atoms with Crippen molar-refractivity contribution in [1.29, 1.82) is 0 Å². The Morgan fingerprint density at radius 1 is 1.32 bits per heavy atom. The summed E-state index contributed by atoms with van der Waals surface area (Å²) >= 11 is 0. The van der Waals surface area contributed by atoms with Crippen molar-refractivity contribution in [3.05, 3.63) is 0 Å². The summed E-state index contributed by atoms with van der Waals surface area (Å²) in [5.74, 6) is 0.303. The van der Waals surface area contributed by atoms with Crippen molar-refractivity contribution in [1.82, 2.24) is 10.2 Å². The van der Waals surface area contributed by atoms with Gasteiger partial charge in [-0.25, -0.2) is 0 Å². The van der Waals surface area contributed by atoms with Gasteiger partial charge in [0.25, 0.3) is 0 Å². The molecule has 2 aliphatic heterocycles. The van der Waals surface area contributed by atoms with E-state index in [2.05, 4.69) is 12.2 Å². The first kappa shape index (κ1) is 14.8. The van der Waals surface area contributed by atoms with Crippen molar-refractivity contribution in [2.45, 2.75) is 57.9 Å². The first-order valence-corrected chi connectivity index (χ1v) is 7.86. The van der Waals surface area contributed by atoms with Gasteiger partial charge in [-0.3, -0.25) is 4.79 Å². The van der Waals surface area contributed by atoms with Crippen LogP contribution in [0.25, 0.3) is 0 Å². The average molecular weight is 268 g/mol. The Bertz CT molecular complexity index is 301. The van der Waals surface area contributed by atoms with Crippen molar-refractivity contribution in [3.63, 3.8) is 0 Å². The van der Waals surface area contributed by atoms with E-state index in [9.17, 15) is 9.90 Å². The molecule has 0 saturated carbocycles. The monoisotopic (exact) mass is 268 g/mol. The van der Waals surface area contributed by atoms with Crippen LogP contribution in [0.2, 0.25) is 0 Å². The molecule has 1 unspecified atom stereocenters. The number of nitrogens with zero attached hydrogens (tertiary/aromatic N) is 1. The molecule has 2 heterocycles. The standard InChI is InChI=1S/C15H28N2O2/c1-2-15(7-9-16-10-8-15)14(19)17-11-5-3-4-6-13(17)12-18/h13,16,18H,2-12H2,1H3. The molecule has 2 rings (SSSR count). The van der Waals surface area contributed by atoms with Crippen molar-refractivity contribution in [3.8, 4) is 0 Å². The Hall–Kier alpha value is -0.610. The molecule has 2 N–H and O–H groups in total. The average Bonchev–Trinajstić information content (AvgIpc) is 2.72. The van der Waals surface area contributed by atoms with Gasteiger partial charge in [0.05, 0.1) is 18.1 Å². The molecule has 2 fully saturated rings. The molecular weight excluding hydrogens is 240 g/mol. The summed E-state index contributed by atoms with van der Waals surface area (Å²) in [5, 5.41) is 12.9. The van der Waals surface area contributed by atoms with E-state index >= 15 is 0 Å². The van der Waals surface area contributed by atoms with Crippen LogP contribution in [-0.2, 0) is 4.79 Å². The minimum absolute atomic E-state index is 0.0494. The molecule has 110 valence electrons. The van der Waals surface area contributed by atoms with Crippen molar-refractivity contribution in [2.75, 3.05) is 26.2 Å². The van der Waals surface area contributed by atoms with Crippen LogP contribution in [-0.4, -0.2) is 48.2 Å². The molecule has 2 saturated heterocycles. The lowest BCUT2D eigenvalue weighted by Crippen LogP contribution is -2.53. The molecular formula is C15H28N2O2. The second-order valence-corrected chi connectivity index (χ2v) is 6.07. The molecule has 4 nitrogen and oxygen atoms in total. The third kappa shape index (κ3) is 3.11. The van der Waals surface area contributed by atoms with Crippen LogP contribution >= 0.6 is 0 Å². The molecule has 0 spiro atoms. The lowest BCUT2D eigenvalue weighted by molar-refractivity contribution is -0.147. The van der Waals surface area contributed by atoms with Crippen molar-refractivity contribution >= 4 is 5.91 Å². The molecule has 0 aliphatic carbocycles. The Morgan fingerprint density at radius 3 is 2.68 bits per heavy atom. The summed E-state index contributed by atoms with van der Waals surface area (Å²) in [5.41, 5.74) is -0.178. The Labute approximate surface area is 116 Å². The highest BCUT2D eigenvalue weighted by molar-refractivity contribution is 5.83. The number of aliphatic hydroxyl groups is 1. The third-order valence-corrected chi connectivity index (χ3v) is 5.04. The second kappa shape index (κ2) is 6.71. The molecule has 0 bridgehead atoms. The summed E-state index contributed by atoms with van der Waals surface area (Å²) in [6.07, 6.45) is 7.16. The summed E-state index contributed by atoms with van der Waals surface area (Å²) < 4.78 is 0. The summed E-state index contributed by atoms with van der Waals surface area (Å²) in [6.45, 7) is 4.96. The van der Waals surface area contributed by atoms with E-state index < -0.39 is 0 Å². The zero-order valence-corrected chi connectivity index (χ0v) is 12.2. The van der Waals surface area contributed by atoms with Gasteiger partial charge < -0.3 is 15.3 Å². The van der Waals surface area contributed by atoms with Crippen molar-refractivity contribution in [2.24, 2.45) is 5.41 Å². The second-order valence-electron chi connectivity index (χ2n) is 6.07. The number of hydrogen-bond acceptors (Lipinski definition) is 3. The smallest absolute Gasteiger partial charge is 0.229 e. The number of aliphatic hydroxyl groups excluding tert-OH is 1. The maximum Gasteiger partial charge on any atom is 0.229 e. The van der Waals surface area contributed by atoms with E-state index in [1.807, 2.05) is 4.90 Å². The quantitative estimate of drug-likeness (QED) is 0.816. The van der Waals surface area contributed by atoms with Gasteiger partial charge in [-0.15, -0.1) is 0 Å². The number of rotatable bonds is 3. The van der Waals surface area contributed by atoms with Gasteiger partial charge in [0.1, 0.15) is 0 Å². The Morgan fingerprint density at radius 2 is 2.05 bits per heavy atom. The fourth-order valence-corrected chi connectivity index (χ4v) is 3.56. The fourth-order valence-electron chi connectivity index (χ4n) is 3.56. The van der Waals surface area contributed by atoms with E-state index in [1.54, 1.807) is 0 Å². The number of carbonyl (C=O) groups excluding carboxylic acids is 1. The molecule has 0 aromatic rings. The van der Waals surface area contributed by atoms with Crippen LogP contribution in [0.4, 0.5) is 0 Å². The topological polar surface area (TPSA) is 52.6 Å². The van der Waals surface area contributed by atoms with Gasteiger partial charge in [0.2, 0.25) is 5.91 Å². The predicted octanol–water partition coefficient (Wildman–Crippen LogP) is 1.53. The highest BCUT2D eigenvalue weighted by Gasteiger charge is 2.42. The number of piperidine rings is 1. The number of likely N-dealkylation sites (tertiary alicyclic amines) is 1. The van der Waals surface area contributed by atoms with Gasteiger partial charge in [-0.2, -0.15) is 0 Å². The molecule has 0 aromatic carbocycles. The van der Waals surface area contributed by atoms with E-state index in [0.717, 1.165) is 58.2 Å². The third-order valence-electron chi connectivity index (χ3n) is 5.04. The van der Waals surface area contributed by atoms with Gasteiger partial charge in [-0.05, 0) is 45.2 Å². The first-order valence-electron chi connectivity index (χ1n) is 7.86. The predicted molar refractivity (Wildman–Crippen MR) is 75.9 cm³/mol. The number of amides is 1. The number of carbonyl (C=O) groups is 1. The summed E-state index contributed by atoms with van der Waals surface area (Å²) in [7, 11) is 0. The number of nitrogens with one attached hydrogen (secondary N) is 1. The maximum absolute atomic E-state index is 13.0. The van der Waals surface area contributed by atoms with Gasteiger partial charge in [0, 0.05) is 6.54 Å². The lowest BCUT2D eigenvalue weighted by atomic mass is 9.75. The van der Waals surface area contributed by atoms with Crippen LogP contribution in [0.1, 0.15) is 51.9 Å². The summed E-state index contributed by atoms with van der Waals surface area (Å²) in [4.78, 5) is 15.0. The molecule has 1 atom stereocenters. The Balaban J connectivity index is 2.14. The fraction of sp³-hybridized carbons (Fsp3) is 0.933. The lowest BCUT2D eigenvalue weighted by Gasteiger charge is -2.41. The van der Waals surface area contributed by atoms with E-state index in [4.69, 9.17) is 0 Å². The molecule has 19 heavy (non-hydrogen) atoms. The van der Waals surface area contributed by atoms with Gasteiger partial charge >= 0.3 is 0 Å². The molecule has 1 amide bonds. The summed E-state index contributed by atoms with van der Waals surface area (Å²) in [6, 6.07) is 0.0494.